The van der Waals surface area contributed by atoms with Crippen LogP contribution in [0.1, 0.15) is 5.56 Å². The Kier molecular flexibility index (Phi) is 2.68. The Morgan fingerprint density at radius 2 is 1.95 bits per heavy atom. The van der Waals surface area contributed by atoms with Gasteiger partial charge in [-0.2, -0.15) is 4.68 Å². The lowest BCUT2D eigenvalue weighted by atomic mass is 10.0. The van der Waals surface area contributed by atoms with Crippen molar-refractivity contribution in [2.45, 2.75) is 6.54 Å². The predicted octanol–water partition coefficient (Wildman–Crippen LogP) is 2.39. The fourth-order valence-corrected chi connectivity index (χ4v) is 2.05. The van der Waals surface area contributed by atoms with Gasteiger partial charge in [-0.1, -0.05) is 47.4 Å². The molecule has 3 rings (SSSR count). The number of nitrogens with zero attached hydrogens (tertiary/aromatic N) is 4. The van der Waals surface area contributed by atoms with Gasteiger partial charge in [-0.05, 0) is 21.3 Å². The van der Waals surface area contributed by atoms with Crippen molar-refractivity contribution in [1.82, 2.24) is 14.8 Å². The van der Waals surface area contributed by atoms with Gasteiger partial charge in [0.2, 0.25) is 6.33 Å². The van der Waals surface area contributed by atoms with Gasteiger partial charge >= 0.3 is 5.95 Å². The molecule has 0 fully saturated rings. The van der Waals surface area contributed by atoms with Gasteiger partial charge in [0, 0.05) is 5.10 Å². The maximum Gasteiger partial charge on any atom is 0.490 e. The maximum absolute atomic E-state index is 10.5. The van der Waals surface area contributed by atoms with Gasteiger partial charge in [-0.15, -0.1) is 0 Å². The van der Waals surface area contributed by atoms with E-state index in [9.17, 15) is 10.1 Å². The molecule has 0 amide bonds. The highest BCUT2D eigenvalue weighted by Crippen LogP contribution is 2.19. The van der Waals surface area contributed by atoms with Crippen molar-refractivity contribution in [3.63, 3.8) is 0 Å². The Labute approximate surface area is 108 Å². The Morgan fingerprint density at radius 1 is 1.16 bits per heavy atom. The fraction of sp³-hybridized carbons (Fsp3) is 0.0769. The van der Waals surface area contributed by atoms with E-state index in [0.717, 1.165) is 16.3 Å². The number of rotatable bonds is 3. The SMILES string of the molecule is O=[N+]([O-])c1ncn(Cc2cccc3ccccc23)n1. The van der Waals surface area contributed by atoms with Crippen LogP contribution in [-0.2, 0) is 6.54 Å². The molecule has 0 unspecified atom stereocenters. The number of aromatic nitrogens is 3. The summed E-state index contributed by atoms with van der Waals surface area (Å²) in [6, 6.07) is 14.0. The van der Waals surface area contributed by atoms with Gasteiger partial charge in [0.15, 0.2) is 0 Å². The lowest BCUT2D eigenvalue weighted by Crippen LogP contribution is -2.01. The molecule has 6 nitrogen and oxygen atoms in total. The molecule has 0 atom stereocenters. The first-order valence-corrected chi connectivity index (χ1v) is 5.74. The molecule has 0 aliphatic rings. The summed E-state index contributed by atoms with van der Waals surface area (Å²) < 4.78 is 1.47. The first kappa shape index (κ1) is 11.3. The molecule has 1 aromatic heterocycles. The van der Waals surface area contributed by atoms with Crippen LogP contribution in [0, 0.1) is 10.1 Å². The summed E-state index contributed by atoms with van der Waals surface area (Å²) >= 11 is 0. The van der Waals surface area contributed by atoms with Crippen molar-refractivity contribution in [3.05, 3.63) is 64.5 Å². The molecular weight excluding hydrogens is 244 g/mol. The topological polar surface area (TPSA) is 73.8 Å². The molecule has 0 radical (unpaired) electrons. The second-order valence-electron chi connectivity index (χ2n) is 4.14. The van der Waals surface area contributed by atoms with Gasteiger partial charge in [-0.3, -0.25) is 0 Å². The van der Waals surface area contributed by atoms with Crippen molar-refractivity contribution in [1.29, 1.82) is 0 Å². The number of hydrogen-bond acceptors (Lipinski definition) is 4. The molecule has 6 heteroatoms. The van der Waals surface area contributed by atoms with E-state index in [1.54, 1.807) is 0 Å². The van der Waals surface area contributed by atoms with Crippen LogP contribution < -0.4 is 0 Å². The number of benzene rings is 2. The number of fused-ring (bicyclic) bond motifs is 1. The first-order valence-electron chi connectivity index (χ1n) is 5.74. The van der Waals surface area contributed by atoms with E-state index in [0.29, 0.717) is 6.54 Å². The second kappa shape index (κ2) is 4.49. The zero-order chi connectivity index (χ0) is 13.2. The summed E-state index contributed by atoms with van der Waals surface area (Å²) in [6.07, 6.45) is 1.37. The molecule has 0 N–H and O–H groups in total. The van der Waals surface area contributed by atoms with E-state index in [1.165, 1.54) is 11.0 Å². The highest BCUT2D eigenvalue weighted by Gasteiger charge is 2.13. The summed E-state index contributed by atoms with van der Waals surface area (Å²) in [7, 11) is 0. The molecule has 0 saturated carbocycles. The molecule has 0 aliphatic heterocycles. The van der Waals surface area contributed by atoms with Crippen LogP contribution in [0.5, 0.6) is 0 Å². The largest absolute Gasteiger partial charge is 0.490 e. The molecule has 2 aromatic carbocycles. The fourth-order valence-electron chi connectivity index (χ4n) is 2.05. The van der Waals surface area contributed by atoms with Crippen molar-refractivity contribution in [2.75, 3.05) is 0 Å². The first-order chi connectivity index (χ1) is 9.24. The minimum atomic E-state index is -0.598. The van der Waals surface area contributed by atoms with Gasteiger partial charge in [0.05, 0.1) is 6.54 Å². The van der Waals surface area contributed by atoms with Crippen LogP contribution in [-0.4, -0.2) is 19.7 Å². The normalized spacial score (nSPS) is 10.7. The van der Waals surface area contributed by atoms with Crippen LogP contribution in [0.3, 0.4) is 0 Å². The monoisotopic (exact) mass is 254 g/mol. The number of nitro groups is 1. The third kappa shape index (κ3) is 2.15. The standard InChI is InChI=1S/C13H10N4O2/c18-17(19)13-14-9-16(15-13)8-11-6-3-5-10-4-1-2-7-12(10)11/h1-7,9H,8H2. The molecule has 19 heavy (non-hydrogen) atoms. The molecular formula is C13H10N4O2. The maximum atomic E-state index is 10.5. The lowest BCUT2D eigenvalue weighted by molar-refractivity contribution is -0.394. The zero-order valence-electron chi connectivity index (χ0n) is 9.93. The minimum absolute atomic E-state index is 0.375. The van der Waals surface area contributed by atoms with Crippen molar-refractivity contribution < 1.29 is 4.92 Å². The minimum Gasteiger partial charge on any atom is -0.390 e. The van der Waals surface area contributed by atoms with E-state index in [1.807, 2.05) is 42.5 Å². The van der Waals surface area contributed by atoms with Crippen LogP contribution >= 0.6 is 0 Å². The van der Waals surface area contributed by atoms with E-state index in [2.05, 4.69) is 10.1 Å². The molecule has 0 spiro atoms. The highest BCUT2D eigenvalue weighted by molar-refractivity contribution is 5.85. The van der Waals surface area contributed by atoms with E-state index in [-0.39, 0.29) is 5.95 Å². The predicted molar refractivity (Wildman–Crippen MR) is 69.7 cm³/mol. The van der Waals surface area contributed by atoms with Crippen LogP contribution in [0.15, 0.2) is 48.8 Å². The molecule has 1 heterocycles. The summed E-state index contributed by atoms with van der Waals surface area (Å²) in [5.74, 6) is -0.375. The molecule has 94 valence electrons. The summed E-state index contributed by atoms with van der Waals surface area (Å²) in [5, 5.41) is 16.6. The van der Waals surface area contributed by atoms with E-state index in [4.69, 9.17) is 0 Å². The Hall–Kier alpha value is -2.76. The van der Waals surface area contributed by atoms with Crippen LogP contribution in [0.25, 0.3) is 10.8 Å². The van der Waals surface area contributed by atoms with Crippen LogP contribution in [0.4, 0.5) is 5.95 Å². The zero-order valence-corrected chi connectivity index (χ0v) is 9.93. The van der Waals surface area contributed by atoms with Crippen molar-refractivity contribution >= 4 is 16.7 Å². The molecule has 0 saturated heterocycles. The van der Waals surface area contributed by atoms with Gasteiger partial charge < -0.3 is 10.1 Å². The third-order valence-corrected chi connectivity index (χ3v) is 2.90. The van der Waals surface area contributed by atoms with Crippen LogP contribution in [0.2, 0.25) is 0 Å². The quantitative estimate of drug-likeness (QED) is 0.531. The van der Waals surface area contributed by atoms with Crippen molar-refractivity contribution in [3.8, 4) is 0 Å². The lowest BCUT2D eigenvalue weighted by Gasteiger charge is -2.04. The average molecular weight is 254 g/mol. The summed E-state index contributed by atoms with van der Waals surface area (Å²) in [4.78, 5) is 13.6. The van der Waals surface area contributed by atoms with E-state index < -0.39 is 4.92 Å². The third-order valence-electron chi connectivity index (χ3n) is 2.90. The van der Waals surface area contributed by atoms with E-state index >= 15 is 0 Å². The number of hydrogen-bond donors (Lipinski definition) is 0. The van der Waals surface area contributed by atoms with Gasteiger partial charge in [0.1, 0.15) is 0 Å². The van der Waals surface area contributed by atoms with Crippen molar-refractivity contribution in [2.24, 2.45) is 0 Å². The average Bonchev–Trinajstić information content (AvgIpc) is 2.88. The highest BCUT2D eigenvalue weighted by atomic mass is 16.6. The summed E-state index contributed by atoms with van der Waals surface area (Å²) in [5.41, 5.74) is 1.05. The molecule has 0 aliphatic carbocycles. The Bertz CT molecular complexity index is 746. The Morgan fingerprint density at radius 3 is 2.74 bits per heavy atom. The smallest absolute Gasteiger partial charge is 0.390 e. The van der Waals surface area contributed by atoms with Gasteiger partial charge in [-0.25, -0.2) is 0 Å². The Balaban J connectivity index is 1.98. The van der Waals surface area contributed by atoms with Gasteiger partial charge in [0.25, 0.3) is 0 Å². The second-order valence-corrected chi connectivity index (χ2v) is 4.14. The molecule has 3 aromatic rings. The molecule has 0 bridgehead atoms. The summed E-state index contributed by atoms with van der Waals surface area (Å²) in [6.45, 7) is 0.461.